The normalized spacial score (nSPS) is 17.6. The van der Waals surface area contributed by atoms with Crippen LogP contribution in [0.3, 0.4) is 0 Å². The predicted octanol–water partition coefficient (Wildman–Crippen LogP) is 2.34. The first-order valence-electron chi connectivity index (χ1n) is 8.38. The van der Waals surface area contributed by atoms with Gasteiger partial charge in [0.15, 0.2) is 0 Å². The molecule has 7 heteroatoms. The third-order valence-electron chi connectivity index (χ3n) is 4.39. The molecule has 1 fully saturated rings. The Labute approximate surface area is 145 Å². The number of nitrogens with one attached hydrogen (secondary N) is 1. The standard InChI is InChI=1S/C18H19N5O2/c1-12-4-7-17(22-21-12)25-14-3-2-8-23(10-14)18(24)13-5-6-15-16(9-13)20-11-19-15/h4-7,9,11,14H,2-3,8,10H2,1H3,(H,19,20). The highest BCUT2D eigenvalue weighted by atomic mass is 16.5. The minimum absolute atomic E-state index is 0.0137. The minimum Gasteiger partial charge on any atom is -0.471 e. The van der Waals surface area contributed by atoms with Crippen molar-refractivity contribution >= 4 is 16.9 Å². The van der Waals surface area contributed by atoms with E-state index in [2.05, 4.69) is 20.2 Å². The molecule has 7 nitrogen and oxygen atoms in total. The van der Waals surface area contributed by atoms with E-state index < -0.39 is 0 Å². The molecular weight excluding hydrogens is 318 g/mol. The molecule has 1 N–H and O–H groups in total. The number of piperidine rings is 1. The van der Waals surface area contributed by atoms with Crippen LogP contribution in [0.15, 0.2) is 36.7 Å². The van der Waals surface area contributed by atoms with Crippen LogP contribution in [0.25, 0.3) is 11.0 Å². The Morgan fingerprint density at radius 3 is 3.04 bits per heavy atom. The van der Waals surface area contributed by atoms with Crippen LogP contribution in [0.5, 0.6) is 5.88 Å². The summed E-state index contributed by atoms with van der Waals surface area (Å²) < 4.78 is 5.90. The van der Waals surface area contributed by atoms with Crippen LogP contribution >= 0.6 is 0 Å². The summed E-state index contributed by atoms with van der Waals surface area (Å²) in [6.07, 6.45) is 3.37. The minimum atomic E-state index is -0.0643. The number of H-pyrrole nitrogens is 1. The Morgan fingerprint density at radius 2 is 2.20 bits per heavy atom. The quantitative estimate of drug-likeness (QED) is 0.793. The van der Waals surface area contributed by atoms with Crippen molar-refractivity contribution in [3.05, 3.63) is 47.9 Å². The molecule has 1 unspecified atom stereocenters. The van der Waals surface area contributed by atoms with Crippen LogP contribution in [0.4, 0.5) is 0 Å². The number of benzene rings is 1. The van der Waals surface area contributed by atoms with Gasteiger partial charge < -0.3 is 14.6 Å². The molecule has 1 aromatic carbocycles. The largest absolute Gasteiger partial charge is 0.471 e. The number of carbonyl (C=O) groups excluding carboxylic acids is 1. The van der Waals surface area contributed by atoms with Gasteiger partial charge in [0.2, 0.25) is 5.88 Å². The molecule has 2 aromatic heterocycles. The van der Waals surface area contributed by atoms with Crippen molar-refractivity contribution in [2.24, 2.45) is 0 Å². The van der Waals surface area contributed by atoms with Crippen LogP contribution in [0.1, 0.15) is 28.9 Å². The number of ether oxygens (including phenoxy) is 1. The van der Waals surface area contributed by atoms with Crippen LogP contribution < -0.4 is 4.74 Å². The fourth-order valence-corrected chi connectivity index (χ4v) is 3.09. The number of likely N-dealkylation sites (tertiary alicyclic amines) is 1. The average molecular weight is 337 g/mol. The maximum absolute atomic E-state index is 12.8. The summed E-state index contributed by atoms with van der Waals surface area (Å²) in [5.41, 5.74) is 3.23. The van der Waals surface area contributed by atoms with E-state index in [-0.39, 0.29) is 12.0 Å². The second-order valence-corrected chi connectivity index (χ2v) is 6.28. The Hall–Kier alpha value is -2.96. The zero-order valence-electron chi connectivity index (χ0n) is 14.0. The zero-order valence-corrected chi connectivity index (χ0v) is 14.0. The highest BCUT2D eigenvalue weighted by Crippen LogP contribution is 2.19. The molecular formula is C18H19N5O2. The zero-order chi connectivity index (χ0) is 17.2. The van der Waals surface area contributed by atoms with Crippen LogP contribution in [0.2, 0.25) is 0 Å². The summed E-state index contributed by atoms with van der Waals surface area (Å²) in [4.78, 5) is 21.9. The predicted molar refractivity (Wildman–Crippen MR) is 92.4 cm³/mol. The van der Waals surface area contributed by atoms with Crippen molar-refractivity contribution in [3.63, 3.8) is 0 Å². The first kappa shape index (κ1) is 15.6. The summed E-state index contributed by atoms with van der Waals surface area (Å²) in [6.45, 7) is 3.17. The van der Waals surface area contributed by atoms with Crippen molar-refractivity contribution in [2.45, 2.75) is 25.9 Å². The topological polar surface area (TPSA) is 84.0 Å². The van der Waals surface area contributed by atoms with Crippen LogP contribution in [-0.4, -0.2) is 50.2 Å². The van der Waals surface area contributed by atoms with E-state index in [1.807, 2.05) is 42.2 Å². The summed E-state index contributed by atoms with van der Waals surface area (Å²) in [7, 11) is 0. The third kappa shape index (κ3) is 3.31. The molecule has 3 aromatic rings. The van der Waals surface area contributed by atoms with Crippen molar-refractivity contribution in [3.8, 4) is 5.88 Å². The molecule has 4 rings (SSSR count). The molecule has 1 aliphatic heterocycles. The van der Waals surface area contributed by atoms with Gasteiger partial charge in [-0.05, 0) is 44.0 Å². The van der Waals surface area contributed by atoms with E-state index in [1.54, 1.807) is 6.33 Å². The molecule has 0 saturated carbocycles. The number of carbonyl (C=O) groups is 1. The number of aromatic amines is 1. The number of fused-ring (bicyclic) bond motifs is 1. The van der Waals surface area contributed by atoms with Crippen molar-refractivity contribution in [2.75, 3.05) is 13.1 Å². The van der Waals surface area contributed by atoms with Crippen molar-refractivity contribution < 1.29 is 9.53 Å². The molecule has 128 valence electrons. The maximum Gasteiger partial charge on any atom is 0.254 e. The van der Waals surface area contributed by atoms with E-state index in [4.69, 9.17) is 4.74 Å². The molecule has 0 radical (unpaired) electrons. The van der Waals surface area contributed by atoms with E-state index in [0.29, 0.717) is 18.0 Å². The van der Waals surface area contributed by atoms with Crippen LogP contribution in [0, 0.1) is 6.92 Å². The first-order valence-corrected chi connectivity index (χ1v) is 8.38. The van der Waals surface area contributed by atoms with Gasteiger partial charge in [-0.25, -0.2) is 4.98 Å². The molecule has 0 spiro atoms. The SMILES string of the molecule is Cc1ccc(OC2CCCN(C(=O)c3ccc4nc[nH]c4c3)C2)nn1. The molecule has 3 heterocycles. The highest BCUT2D eigenvalue weighted by molar-refractivity contribution is 5.97. The number of nitrogens with zero attached hydrogens (tertiary/aromatic N) is 4. The molecule has 1 atom stereocenters. The van der Waals surface area contributed by atoms with E-state index in [9.17, 15) is 4.79 Å². The molecule has 1 aliphatic rings. The number of aromatic nitrogens is 4. The van der Waals surface area contributed by atoms with Crippen LogP contribution in [-0.2, 0) is 0 Å². The fraction of sp³-hybridized carbons (Fsp3) is 0.333. The lowest BCUT2D eigenvalue weighted by Gasteiger charge is -2.32. The van der Waals surface area contributed by atoms with Gasteiger partial charge in [-0.1, -0.05) is 0 Å². The fourth-order valence-electron chi connectivity index (χ4n) is 3.09. The van der Waals surface area contributed by atoms with Gasteiger partial charge in [0.05, 0.1) is 29.6 Å². The van der Waals surface area contributed by atoms with Crippen molar-refractivity contribution in [1.29, 1.82) is 0 Å². The smallest absolute Gasteiger partial charge is 0.254 e. The Morgan fingerprint density at radius 1 is 1.28 bits per heavy atom. The van der Waals surface area contributed by atoms with E-state index in [0.717, 1.165) is 36.1 Å². The summed E-state index contributed by atoms with van der Waals surface area (Å²) in [6, 6.07) is 9.21. The number of rotatable bonds is 3. The van der Waals surface area contributed by atoms with E-state index >= 15 is 0 Å². The molecule has 0 bridgehead atoms. The first-order chi connectivity index (χ1) is 12.2. The molecule has 1 saturated heterocycles. The van der Waals surface area contributed by atoms with Gasteiger partial charge >= 0.3 is 0 Å². The Balaban J connectivity index is 1.46. The lowest BCUT2D eigenvalue weighted by molar-refractivity contribution is 0.0525. The van der Waals surface area contributed by atoms with Gasteiger partial charge in [0.1, 0.15) is 6.10 Å². The van der Waals surface area contributed by atoms with E-state index in [1.165, 1.54) is 0 Å². The van der Waals surface area contributed by atoms with Gasteiger partial charge in [0, 0.05) is 18.2 Å². The Kier molecular flexibility index (Phi) is 4.05. The highest BCUT2D eigenvalue weighted by Gasteiger charge is 2.26. The van der Waals surface area contributed by atoms with Gasteiger partial charge in [-0.3, -0.25) is 4.79 Å². The maximum atomic E-state index is 12.8. The van der Waals surface area contributed by atoms with Crippen molar-refractivity contribution in [1.82, 2.24) is 25.1 Å². The van der Waals surface area contributed by atoms with Gasteiger partial charge in [0.25, 0.3) is 5.91 Å². The number of hydrogen-bond donors (Lipinski definition) is 1. The monoisotopic (exact) mass is 337 g/mol. The average Bonchev–Trinajstić information content (AvgIpc) is 3.11. The number of aryl methyl sites for hydroxylation is 1. The molecule has 0 aliphatic carbocycles. The number of amides is 1. The molecule has 1 amide bonds. The second kappa shape index (κ2) is 6.51. The summed E-state index contributed by atoms with van der Waals surface area (Å²) in [5, 5.41) is 8.05. The summed E-state index contributed by atoms with van der Waals surface area (Å²) >= 11 is 0. The second-order valence-electron chi connectivity index (χ2n) is 6.28. The third-order valence-corrected chi connectivity index (χ3v) is 4.39. The Bertz CT molecular complexity index is 890. The summed E-state index contributed by atoms with van der Waals surface area (Å²) in [5.74, 6) is 0.517. The van der Waals surface area contributed by atoms with Gasteiger partial charge in [-0.2, -0.15) is 5.10 Å². The lowest BCUT2D eigenvalue weighted by atomic mass is 10.1. The van der Waals surface area contributed by atoms with Gasteiger partial charge in [-0.15, -0.1) is 5.10 Å². The number of imidazole rings is 1. The number of hydrogen-bond acceptors (Lipinski definition) is 5. The lowest BCUT2D eigenvalue weighted by Crippen LogP contribution is -2.44. The molecule has 25 heavy (non-hydrogen) atoms.